The predicted octanol–water partition coefficient (Wildman–Crippen LogP) is 3.19. The van der Waals surface area contributed by atoms with Crippen LogP contribution in [0.2, 0.25) is 0 Å². The minimum atomic E-state index is -0.477. The van der Waals surface area contributed by atoms with Gasteiger partial charge in [0, 0.05) is 23.8 Å². The fourth-order valence-corrected chi connectivity index (χ4v) is 2.48. The molecule has 1 aliphatic rings. The highest BCUT2D eigenvalue weighted by Gasteiger charge is 2.24. The smallest absolute Gasteiger partial charge is 0.411 e. The molecule has 1 N–H and O–H groups in total. The number of anilines is 2. The van der Waals surface area contributed by atoms with Gasteiger partial charge in [0.05, 0.1) is 6.61 Å². The molecule has 2 rings (SSSR count). The number of ether oxygens (including phenoxy) is 1. The highest BCUT2D eigenvalue weighted by Crippen LogP contribution is 2.31. The molecular weight excluding hydrogens is 268 g/mol. The highest BCUT2D eigenvalue weighted by atomic mass is 16.5. The molecule has 0 atom stereocenters. The first-order chi connectivity index (χ1) is 10.0. The molecule has 1 aromatic rings. The summed E-state index contributed by atoms with van der Waals surface area (Å²) in [6.07, 6.45) is 1.45. The summed E-state index contributed by atoms with van der Waals surface area (Å²) in [6, 6.07) is 5.67. The van der Waals surface area contributed by atoms with Gasteiger partial charge in [0.25, 0.3) is 0 Å². The fourth-order valence-electron chi connectivity index (χ4n) is 2.48. The maximum Gasteiger partial charge on any atom is 0.411 e. The fraction of sp³-hybridized carbons (Fsp3) is 0.500. The van der Waals surface area contributed by atoms with Gasteiger partial charge in [-0.25, -0.2) is 4.79 Å². The van der Waals surface area contributed by atoms with Crippen LogP contribution in [-0.4, -0.2) is 25.2 Å². The van der Waals surface area contributed by atoms with Crippen LogP contribution in [0.5, 0.6) is 0 Å². The zero-order chi connectivity index (χ0) is 15.4. The van der Waals surface area contributed by atoms with Crippen molar-refractivity contribution in [2.24, 2.45) is 5.92 Å². The monoisotopic (exact) mass is 290 g/mol. The summed E-state index contributed by atoms with van der Waals surface area (Å²) >= 11 is 0. The number of benzene rings is 1. The van der Waals surface area contributed by atoms with E-state index >= 15 is 0 Å². The molecule has 2 amide bonds. The molecule has 5 heteroatoms. The first-order valence-electron chi connectivity index (χ1n) is 7.41. The number of hydrogen-bond donors (Lipinski definition) is 1. The second-order valence-corrected chi connectivity index (χ2v) is 5.44. The molecular formula is C16H22N2O3. The van der Waals surface area contributed by atoms with Gasteiger partial charge >= 0.3 is 6.09 Å². The van der Waals surface area contributed by atoms with Gasteiger partial charge in [0.1, 0.15) is 0 Å². The van der Waals surface area contributed by atoms with E-state index in [0.717, 1.165) is 30.6 Å². The topological polar surface area (TPSA) is 58.6 Å². The number of hydrogen-bond acceptors (Lipinski definition) is 3. The maximum atomic E-state index is 12.3. The van der Waals surface area contributed by atoms with E-state index in [1.807, 2.05) is 36.9 Å². The molecule has 114 valence electrons. The summed E-state index contributed by atoms with van der Waals surface area (Å²) in [5.74, 6) is 0.0712. The zero-order valence-electron chi connectivity index (χ0n) is 12.8. The van der Waals surface area contributed by atoms with Crippen molar-refractivity contribution in [1.29, 1.82) is 0 Å². The van der Waals surface area contributed by atoms with Crippen LogP contribution in [0.3, 0.4) is 0 Å². The van der Waals surface area contributed by atoms with Gasteiger partial charge in [-0.1, -0.05) is 19.9 Å². The Morgan fingerprint density at radius 3 is 2.81 bits per heavy atom. The standard InChI is InChI=1S/C16H22N2O3/c1-4-21-16(20)17-13-8-7-12-6-5-9-18(14(12)10-13)15(19)11(2)3/h7-8,10-11H,4-6,9H2,1-3H3,(H,17,20). The molecule has 0 saturated heterocycles. The van der Waals surface area contributed by atoms with Gasteiger partial charge in [0.15, 0.2) is 0 Å². The van der Waals surface area contributed by atoms with Crippen molar-refractivity contribution >= 4 is 23.4 Å². The minimum absolute atomic E-state index is 0.0439. The number of carbonyl (C=O) groups is 2. The third kappa shape index (κ3) is 3.54. The summed E-state index contributed by atoms with van der Waals surface area (Å²) in [7, 11) is 0. The van der Waals surface area contributed by atoms with Crippen LogP contribution in [0.25, 0.3) is 0 Å². The van der Waals surface area contributed by atoms with Crippen LogP contribution < -0.4 is 10.2 Å². The molecule has 0 saturated carbocycles. The molecule has 0 radical (unpaired) electrons. The summed E-state index contributed by atoms with van der Waals surface area (Å²) in [5, 5.41) is 2.68. The number of nitrogens with one attached hydrogen (secondary N) is 1. The van der Waals surface area contributed by atoms with Crippen LogP contribution in [0.15, 0.2) is 18.2 Å². The average molecular weight is 290 g/mol. The van der Waals surface area contributed by atoms with E-state index in [0.29, 0.717) is 12.3 Å². The lowest BCUT2D eigenvalue weighted by Gasteiger charge is -2.31. The molecule has 0 aromatic heterocycles. The Balaban J connectivity index is 2.25. The number of nitrogens with zero attached hydrogens (tertiary/aromatic N) is 1. The zero-order valence-corrected chi connectivity index (χ0v) is 12.8. The Kier molecular flexibility index (Phi) is 4.83. The Labute approximate surface area is 125 Å². The van der Waals surface area contributed by atoms with Crippen LogP contribution in [0.4, 0.5) is 16.2 Å². The Morgan fingerprint density at radius 1 is 1.38 bits per heavy atom. The summed E-state index contributed by atoms with van der Waals surface area (Å²) < 4.78 is 4.87. The van der Waals surface area contributed by atoms with E-state index in [1.54, 1.807) is 6.92 Å². The second-order valence-electron chi connectivity index (χ2n) is 5.44. The quantitative estimate of drug-likeness (QED) is 0.930. The van der Waals surface area contributed by atoms with Crippen LogP contribution in [-0.2, 0) is 16.0 Å². The van der Waals surface area contributed by atoms with Crippen molar-refractivity contribution in [2.45, 2.75) is 33.6 Å². The minimum Gasteiger partial charge on any atom is -0.450 e. The number of amides is 2. The molecule has 1 aromatic carbocycles. The Hall–Kier alpha value is -2.04. The normalized spacial score (nSPS) is 13.8. The predicted molar refractivity (Wildman–Crippen MR) is 82.6 cm³/mol. The molecule has 1 aliphatic heterocycles. The molecule has 0 spiro atoms. The number of carbonyl (C=O) groups excluding carboxylic acids is 2. The lowest BCUT2D eigenvalue weighted by molar-refractivity contribution is -0.121. The summed E-state index contributed by atoms with van der Waals surface area (Å²) in [4.78, 5) is 25.6. The van der Waals surface area contributed by atoms with E-state index in [1.165, 1.54) is 0 Å². The molecule has 21 heavy (non-hydrogen) atoms. The van der Waals surface area contributed by atoms with Crippen molar-refractivity contribution in [3.05, 3.63) is 23.8 Å². The maximum absolute atomic E-state index is 12.3. The third-order valence-corrected chi connectivity index (χ3v) is 3.49. The first kappa shape index (κ1) is 15.4. The van der Waals surface area contributed by atoms with Crippen LogP contribution in [0, 0.1) is 5.92 Å². The van der Waals surface area contributed by atoms with E-state index in [9.17, 15) is 9.59 Å². The number of aryl methyl sites for hydroxylation is 1. The first-order valence-corrected chi connectivity index (χ1v) is 7.41. The van der Waals surface area contributed by atoms with Crippen molar-refractivity contribution in [3.8, 4) is 0 Å². The molecule has 0 fully saturated rings. The second kappa shape index (κ2) is 6.61. The molecule has 5 nitrogen and oxygen atoms in total. The number of rotatable bonds is 3. The molecule has 0 bridgehead atoms. The van der Waals surface area contributed by atoms with Gasteiger partial charge in [0.2, 0.25) is 5.91 Å². The van der Waals surface area contributed by atoms with E-state index in [4.69, 9.17) is 4.74 Å². The SMILES string of the molecule is CCOC(=O)Nc1ccc2c(c1)N(C(=O)C(C)C)CCC2. The molecule has 1 heterocycles. The summed E-state index contributed by atoms with van der Waals surface area (Å²) in [5.41, 5.74) is 2.69. The third-order valence-electron chi connectivity index (χ3n) is 3.49. The van der Waals surface area contributed by atoms with Crippen molar-refractivity contribution in [1.82, 2.24) is 0 Å². The Bertz CT molecular complexity index is 540. The van der Waals surface area contributed by atoms with Gasteiger partial charge in [-0.3, -0.25) is 10.1 Å². The van der Waals surface area contributed by atoms with E-state index < -0.39 is 6.09 Å². The molecule has 0 unspecified atom stereocenters. The summed E-state index contributed by atoms with van der Waals surface area (Å²) in [6.45, 7) is 6.62. The van der Waals surface area contributed by atoms with E-state index in [-0.39, 0.29) is 11.8 Å². The average Bonchev–Trinajstić information content (AvgIpc) is 2.46. The lowest BCUT2D eigenvalue weighted by Crippen LogP contribution is -2.38. The van der Waals surface area contributed by atoms with E-state index in [2.05, 4.69) is 5.32 Å². The lowest BCUT2D eigenvalue weighted by atomic mass is 9.99. The van der Waals surface area contributed by atoms with Gasteiger partial charge < -0.3 is 9.64 Å². The van der Waals surface area contributed by atoms with Crippen LogP contribution >= 0.6 is 0 Å². The van der Waals surface area contributed by atoms with Gasteiger partial charge in [-0.2, -0.15) is 0 Å². The van der Waals surface area contributed by atoms with Crippen molar-refractivity contribution in [2.75, 3.05) is 23.4 Å². The van der Waals surface area contributed by atoms with Crippen molar-refractivity contribution in [3.63, 3.8) is 0 Å². The Morgan fingerprint density at radius 2 is 2.14 bits per heavy atom. The van der Waals surface area contributed by atoms with Crippen LogP contribution in [0.1, 0.15) is 32.8 Å². The van der Waals surface area contributed by atoms with Gasteiger partial charge in [-0.05, 0) is 37.5 Å². The van der Waals surface area contributed by atoms with Crippen molar-refractivity contribution < 1.29 is 14.3 Å². The number of fused-ring (bicyclic) bond motifs is 1. The van der Waals surface area contributed by atoms with Gasteiger partial charge in [-0.15, -0.1) is 0 Å². The largest absolute Gasteiger partial charge is 0.450 e. The highest BCUT2D eigenvalue weighted by molar-refractivity contribution is 5.97. The molecule has 0 aliphatic carbocycles.